The van der Waals surface area contributed by atoms with Crippen LogP contribution in [0.2, 0.25) is 0 Å². The topological polar surface area (TPSA) is 84.7 Å². The lowest BCUT2D eigenvalue weighted by Crippen LogP contribution is -2.38. The number of amides is 2. The molecule has 180 valence electrons. The molecule has 5 rings (SSSR count). The zero-order chi connectivity index (χ0) is 24.3. The number of carbonyl (C=O) groups excluding carboxylic acids is 2. The van der Waals surface area contributed by atoms with Gasteiger partial charge >= 0.3 is 0 Å². The molecular formula is C30H32N2O3. The van der Waals surface area contributed by atoms with Crippen LogP contribution in [0.15, 0.2) is 91.0 Å². The van der Waals surface area contributed by atoms with Crippen molar-refractivity contribution in [2.75, 3.05) is 6.54 Å². The van der Waals surface area contributed by atoms with E-state index < -0.39 is 11.2 Å². The number of nitrogens with one attached hydrogen (secondary N) is 1. The quantitative estimate of drug-likeness (QED) is 0.354. The Morgan fingerprint density at radius 2 is 1.31 bits per heavy atom. The van der Waals surface area contributed by atoms with E-state index in [1.165, 1.54) is 0 Å². The minimum absolute atomic E-state index is 0.0610. The van der Waals surface area contributed by atoms with Gasteiger partial charge in [0.1, 0.15) is 5.60 Å². The average molecular weight is 469 g/mol. The van der Waals surface area contributed by atoms with Crippen LogP contribution in [0, 0.1) is 11.8 Å². The third-order valence-electron chi connectivity index (χ3n) is 7.68. The van der Waals surface area contributed by atoms with Gasteiger partial charge in [-0.15, -0.1) is 0 Å². The molecule has 35 heavy (non-hydrogen) atoms. The van der Waals surface area contributed by atoms with E-state index in [0.29, 0.717) is 13.0 Å². The summed E-state index contributed by atoms with van der Waals surface area (Å²) in [7, 11) is 0. The van der Waals surface area contributed by atoms with Crippen LogP contribution in [0.4, 0.5) is 0 Å². The fourth-order valence-corrected chi connectivity index (χ4v) is 5.97. The summed E-state index contributed by atoms with van der Waals surface area (Å²) in [6.07, 6.45) is 3.78. The molecule has 0 aromatic heterocycles. The third-order valence-corrected chi connectivity index (χ3v) is 7.68. The summed E-state index contributed by atoms with van der Waals surface area (Å²) in [5.41, 5.74) is 7.75. The van der Waals surface area contributed by atoms with Crippen LogP contribution in [0.1, 0.15) is 48.8 Å². The molecule has 1 heterocycles. The molecule has 5 nitrogen and oxygen atoms in total. The van der Waals surface area contributed by atoms with E-state index in [-0.39, 0.29) is 23.7 Å². The maximum Gasteiger partial charge on any atom is 0.223 e. The summed E-state index contributed by atoms with van der Waals surface area (Å²) in [5, 5.41) is 3.07. The van der Waals surface area contributed by atoms with Gasteiger partial charge in [-0.2, -0.15) is 0 Å². The molecule has 1 saturated heterocycles. The van der Waals surface area contributed by atoms with Gasteiger partial charge in [-0.05, 0) is 42.4 Å². The minimum Gasteiger partial charge on any atom is -0.369 e. The number of nitrogens with two attached hydrogens (primary N) is 1. The van der Waals surface area contributed by atoms with Crippen molar-refractivity contribution in [2.24, 2.45) is 17.6 Å². The molecule has 3 aromatic rings. The predicted molar refractivity (Wildman–Crippen MR) is 135 cm³/mol. The number of benzene rings is 3. The SMILES string of the molecule is NC(=O)C1CCCC1C(=O)NCCCC1(c2ccccc2)OC1(c1ccccc1)c1ccccc1. The maximum atomic E-state index is 12.8. The average Bonchev–Trinajstić information content (AvgIpc) is 3.33. The molecule has 1 aliphatic heterocycles. The van der Waals surface area contributed by atoms with Crippen LogP contribution in [-0.2, 0) is 25.5 Å². The van der Waals surface area contributed by atoms with E-state index in [4.69, 9.17) is 10.5 Å². The van der Waals surface area contributed by atoms with Gasteiger partial charge < -0.3 is 15.8 Å². The molecular weight excluding hydrogens is 436 g/mol. The Morgan fingerprint density at radius 1 is 0.800 bits per heavy atom. The van der Waals surface area contributed by atoms with E-state index in [2.05, 4.69) is 66.0 Å². The van der Waals surface area contributed by atoms with E-state index in [0.717, 1.165) is 42.4 Å². The zero-order valence-electron chi connectivity index (χ0n) is 19.9. The Bertz CT molecular complexity index is 1130. The van der Waals surface area contributed by atoms with Crippen molar-refractivity contribution >= 4 is 11.8 Å². The second kappa shape index (κ2) is 9.67. The molecule has 1 aliphatic carbocycles. The van der Waals surface area contributed by atoms with Crippen molar-refractivity contribution in [1.29, 1.82) is 0 Å². The van der Waals surface area contributed by atoms with Crippen molar-refractivity contribution in [3.05, 3.63) is 108 Å². The molecule has 2 aliphatic rings. The van der Waals surface area contributed by atoms with Crippen LogP contribution in [0.5, 0.6) is 0 Å². The first-order valence-electron chi connectivity index (χ1n) is 12.5. The molecule has 3 N–H and O–H groups in total. The Labute approximate surface area is 206 Å². The van der Waals surface area contributed by atoms with E-state index in [1.807, 2.05) is 30.3 Å². The van der Waals surface area contributed by atoms with Crippen LogP contribution < -0.4 is 11.1 Å². The van der Waals surface area contributed by atoms with Gasteiger partial charge in [0, 0.05) is 18.4 Å². The van der Waals surface area contributed by atoms with Crippen LogP contribution >= 0.6 is 0 Å². The van der Waals surface area contributed by atoms with Gasteiger partial charge in [-0.25, -0.2) is 0 Å². The zero-order valence-corrected chi connectivity index (χ0v) is 19.9. The van der Waals surface area contributed by atoms with Gasteiger partial charge in [-0.1, -0.05) is 97.4 Å². The van der Waals surface area contributed by atoms with Gasteiger partial charge in [0.15, 0.2) is 5.60 Å². The maximum absolute atomic E-state index is 12.8. The van der Waals surface area contributed by atoms with Crippen LogP contribution in [0.3, 0.4) is 0 Å². The first-order valence-corrected chi connectivity index (χ1v) is 12.5. The van der Waals surface area contributed by atoms with Crippen molar-refractivity contribution in [3.63, 3.8) is 0 Å². The molecule has 0 radical (unpaired) electrons. The number of carbonyl (C=O) groups is 2. The molecule has 3 atom stereocenters. The monoisotopic (exact) mass is 468 g/mol. The second-order valence-corrected chi connectivity index (χ2v) is 9.65. The fourth-order valence-electron chi connectivity index (χ4n) is 5.97. The largest absolute Gasteiger partial charge is 0.369 e. The molecule has 2 fully saturated rings. The van der Waals surface area contributed by atoms with Crippen LogP contribution in [0.25, 0.3) is 0 Å². The molecule has 3 unspecified atom stereocenters. The highest BCUT2D eigenvalue weighted by molar-refractivity contribution is 5.87. The lowest BCUT2D eigenvalue weighted by molar-refractivity contribution is -0.132. The van der Waals surface area contributed by atoms with Gasteiger partial charge in [0.2, 0.25) is 11.8 Å². The molecule has 5 heteroatoms. The molecule has 3 aromatic carbocycles. The van der Waals surface area contributed by atoms with Crippen LogP contribution in [-0.4, -0.2) is 18.4 Å². The fraction of sp³-hybridized carbons (Fsp3) is 0.333. The van der Waals surface area contributed by atoms with E-state index in [9.17, 15) is 9.59 Å². The van der Waals surface area contributed by atoms with Crippen molar-refractivity contribution in [1.82, 2.24) is 5.32 Å². The third kappa shape index (κ3) is 4.14. The highest BCUT2D eigenvalue weighted by atomic mass is 16.6. The van der Waals surface area contributed by atoms with E-state index >= 15 is 0 Å². The minimum atomic E-state index is -0.594. The molecule has 0 spiro atoms. The highest BCUT2D eigenvalue weighted by Crippen LogP contribution is 2.67. The number of ether oxygens (including phenoxy) is 1. The first-order chi connectivity index (χ1) is 17.1. The number of hydrogen-bond donors (Lipinski definition) is 2. The Kier molecular flexibility index (Phi) is 6.44. The van der Waals surface area contributed by atoms with Gasteiger partial charge in [0.25, 0.3) is 0 Å². The number of hydrogen-bond acceptors (Lipinski definition) is 3. The number of primary amides is 1. The summed E-state index contributed by atoms with van der Waals surface area (Å²) >= 11 is 0. The summed E-state index contributed by atoms with van der Waals surface area (Å²) in [6, 6.07) is 31.1. The number of epoxide rings is 1. The van der Waals surface area contributed by atoms with E-state index in [1.54, 1.807) is 0 Å². The second-order valence-electron chi connectivity index (χ2n) is 9.65. The summed E-state index contributed by atoms with van der Waals surface area (Å²) < 4.78 is 6.83. The van der Waals surface area contributed by atoms with Crippen molar-refractivity contribution < 1.29 is 14.3 Å². The smallest absolute Gasteiger partial charge is 0.223 e. The standard InChI is InChI=1S/C30H32N2O3/c31-27(33)25-18-10-19-26(25)28(34)32-21-11-20-29(22-12-4-1-5-13-22)30(35-29,23-14-6-2-7-15-23)24-16-8-3-9-17-24/h1-9,12-17,25-26H,10-11,18-21H2,(H2,31,33)(H,32,34). The molecule has 0 bridgehead atoms. The lowest BCUT2D eigenvalue weighted by Gasteiger charge is -2.22. The molecule has 2 amide bonds. The van der Waals surface area contributed by atoms with Gasteiger partial charge in [-0.3, -0.25) is 9.59 Å². The summed E-state index contributed by atoms with van der Waals surface area (Å²) in [6.45, 7) is 0.526. The summed E-state index contributed by atoms with van der Waals surface area (Å²) in [5.74, 6) is -1.08. The Balaban J connectivity index is 1.38. The van der Waals surface area contributed by atoms with Crippen molar-refractivity contribution in [2.45, 2.75) is 43.3 Å². The normalized spacial score (nSPS) is 24.6. The van der Waals surface area contributed by atoms with Crippen molar-refractivity contribution in [3.8, 4) is 0 Å². The number of rotatable bonds is 9. The lowest BCUT2D eigenvalue weighted by atomic mass is 9.75. The first kappa shape index (κ1) is 23.3. The summed E-state index contributed by atoms with van der Waals surface area (Å²) in [4.78, 5) is 24.5. The predicted octanol–water partition coefficient (Wildman–Crippen LogP) is 4.65. The molecule has 1 saturated carbocycles. The Morgan fingerprint density at radius 3 is 1.86 bits per heavy atom. The highest BCUT2D eigenvalue weighted by Gasteiger charge is 2.71. The Hall–Kier alpha value is -3.44. The van der Waals surface area contributed by atoms with Gasteiger partial charge in [0.05, 0.1) is 0 Å².